The van der Waals surface area contributed by atoms with Gasteiger partial charge in [-0.2, -0.15) is 5.26 Å². The molecule has 0 heterocycles. The number of hydrogen-bond donors (Lipinski definition) is 1. The summed E-state index contributed by atoms with van der Waals surface area (Å²) >= 11 is 0. The molecule has 0 aromatic heterocycles. The number of carbonyl (C=O) groups excluding carboxylic acids is 1. The van der Waals surface area contributed by atoms with Crippen LogP contribution in [0, 0.1) is 38.5 Å². The Kier molecular flexibility index (Phi) is 7.94. The van der Waals surface area contributed by atoms with Crippen molar-refractivity contribution in [3.63, 3.8) is 0 Å². The van der Waals surface area contributed by atoms with Crippen molar-refractivity contribution in [2.24, 2.45) is 0 Å². The third-order valence-electron chi connectivity index (χ3n) is 5.00. The first-order valence-corrected chi connectivity index (χ1v) is 10.4. The van der Waals surface area contributed by atoms with Crippen LogP contribution in [-0.4, -0.2) is 22.9 Å². The number of amides is 1. The lowest BCUT2D eigenvalue weighted by atomic mass is 10.1. The molecule has 0 saturated carbocycles. The van der Waals surface area contributed by atoms with E-state index in [1.807, 2.05) is 0 Å². The van der Waals surface area contributed by atoms with Crippen LogP contribution in [0.1, 0.15) is 16.7 Å². The van der Waals surface area contributed by atoms with Gasteiger partial charge in [0, 0.05) is 18.2 Å². The number of aryl methyl sites for hydroxylation is 1. The second-order valence-electron chi connectivity index (χ2n) is 7.52. The number of ether oxygens (including phenoxy) is 2. The van der Waals surface area contributed by atoms with E-state index in [2.05, 4.69) is 5.32 Å². The molecule has 0 aliphatic heterocycles. The van der Waals surface area contributed by atoms with Crippen LogP contribution in [0.3, 0.4) is 0 Å². The smallest absolute Gasteiger partial charge is 0.293 e. The van der Waals surface area contributed by atoms with Crippen molar-refractivity contribution < 1.29 is 24.1 Å². The first kappa shape index (κ1) is 25.4. The number of nitro groups is 2. The number of anilines is 1. The summed E-state index contributed by atoms with van der Waals surface area (Å²) in [4.78, 5) is 33.6. The number of hydrogen-bond acceptors (Lipinski definition) is 8. The average Bonchev–Trinajstić information content (AvgIpc) is 2.87. The van der Waals surface area contributed by atoms with Crippen LogP contribution in [0.4, 0.5) is 17.1 Å². The molecule has 1 N–H and O–H groups in total. The Hall–Kier alpha value is -5.24. The third-order valence-corrected chi connectivity index (χ3v) is 5.00. The van der Waals surface area contributed by atoms with Gasteiger partial charge in [0.05, 0.1) is 17.0 Å². The predicted molar refractivity (Wildman–Crippen MR) is 130 cm³/mol. The standard InChI is InChI=1S/C25H20N4O7/c1-16-3-9-21(22(11-16)29(33)34)27-25(30)19(14-26)12-18-6-10-23(24(13-18)35-2)36-15-17-4-7-20(8-5-17)28(31)32/h3-13H,15H2,1-2H3,(H,27,30)/b19-12+. The summed E-state index contributed by atoms with van der Waals surface area (Å²) in [7, 11) is 1.43. The van der Waals surface area contributed by atoms with E-state index in [0.29, 0.717) is 28.2 Å². The molecule has 0 atom stereocenters. The Labute approximate surface area is 205 Å². The average molecular weight is 488 g/mol. The lowest BCUT2D eigenvalue weighted by Gasteiger charge is -2.12. The molecular weight excluding hydrogens is 468 g/mol. The van der Waals surface area contributed by atoms with E-state index in [1.165, 1.54) is 37.5 Å². The molecule has 0 spiro atoms. The van der Waals surface area contributed by atoms with E-state index in [4.69, 9.17) is 9.47 Å². The van der Waals surface area contributed by atoms with E-state index >= 15 is 0 Å². The molecule has 0 unspecified atom stereocenters. The van der Waals surface area contributed by atoms with Crippen LogP contribution in [0.15, 0.2) is 66.2 Å². The second kappa shape index (κ2) is 11.3. The van der Waals surface area contributed by atoms with Crippen molar-refractivity contribution in [2.45, 2.75) is 13.5 Å². The number of nitro benzene ring substituents is 2. The Morgan fingerprint density at radius 3 is 2.36 bits per heavy atom. The SMILES string of the molecule is COc1cc(/C=C(\C#N)C(=O)Nc2ccc(C)cc2[N+](=O)[O-])ccc1OCc1ccc([N+](=O)[O-])cc1. The molecule has 182 valence electrons. The second-order valence-corrected chi connectivity index (χ2v) is 7.52. The maximum atomic E-state index is 12.6. The number of nitriles is 1. The topological polar surface area (TPSA) is 158 Å². The minimum absolute atomic E-state index is 0.0238. The van der Waals surface area contributed by atoms with Crippen LogP contribution in [-0.2, 0) is 11.4 Å². The normalized spacial score (nSPS) is 10.8. The molecule has 3 aromatic carbocycles. The van der Waals surface area contributed by atoms with Crippen LogP contribution < -0.4 is 14.8 Å². The van der Waals surface area contributed by atoms with Crippen molar-refractivity contribution in [3.8, 4) is 17.6 Å². The molecule has 0 radical (unpaired) electrons. The van der Waals surface area contributed by atoms with Crippen molar-refractivity contribution >= 4 is 29.0 Å². The number of rotatable bonds is 9. The molecule has 11 heteroatoms. The number of carbonyl (C=O) groups is 1. The van der Waals surface area contributed by atoms with Gasteiger partial charge in [0.25, 0.3) is 17.3 Å². The van der Waals surface area contributed by atoms with Gasteiger partial charge < -0.3 is 14.8 Å². The van der Waals surface area contributed by atoms with E-state index in [-0.39, 0.29) is 29.2 Å². The van der Waals surface area contributed by atoms with E-state index < -0.39 is 15.8 Å². The molecule has 1 amide bonds. The number of nitrogens with zero attached hydrogens (tertiary/aromatic N) is 3. The summed E-state index contributed by atoms with van der Waals surface area (Å²) in [5, 5.41) is 34.0. The number of methoxy groups -OCH3 is 1. The fourth-order valence-corrected chi connectivity index (χ4v) is 3.17. The van der Waals surface area contributed by atoms with Gasteiger partial charge in [0.2, 0.25) is 0 Å². The van der Waals surface area contributed by atoms with Gasteiger partial charge in [-0.25, -0.2) is 0 Å². The molecule has 0 fully saturated rings. The van der Waals surface area contributed by atoms with Crippen molar-refractivity contribution in [1.82, 2.24) is 0 Å². The van der Waals surface area contributed by atoms with Gasteiger partial charge in [-0.15, -0.1) is 0 Å². The zero-order valence-corrected chi connectivity index (χ0v) is 19.3. The third kappa shape index (κ3) is 6.21. The van der Waals surface area contributed by atoms with Gasteiger partial charge in [-0.05, 0) is 60.0 Å². The molecule has 0 aliphatic carbocycles. The molecule has 3 rings (SSSR count). The molecule has 0 bridgehead atoms. The van der Waals surface area contributed by atoms with Crippen molar-refractivity contribution in [1.29, 1.82) is 5.26 Å². The Morgan fingerprint density at radius 2 is 1.75 bits per heavy atom. The fraction of sp³-hybridized carbons (Fsp3) is 0.120. The first-order valence-electron chi connectivity index (χ1n) is 10.4. The maximum absolute atomic E-state index is 12.6. The van der Waals surface area contributed by atoms with Gasteiger partial charge >= 0.3 is 0 Å². The summed E-state index contributed by atoms with van der Waals surface area (Å²) in [5.41, 5.74) is 1.22. The maximum Gasteiger partial charge on any atom is 0.293 e. The molecule has 3 aromatic rings. The quantitative estimate of drug-likeness (QED) is 0.192. The molecule has 11 nitrogen and oxygen atoms in total. The van der Waals surface area contributed by atoms with Gasteiger partial charge in [0.15, 0.2) is 11.5 Å². The monoisotopic (exact) mass is 488 g/mol. The minimum Gasteiger partial charge on any atom is -0.493 e. The van der Waals surface area contributed by atoms with E-state index in [1.54, 1.807) is 49.4 Å². The lowest BCUT2D eigenvalue weighted by Crippen LogP contribution is -2.14. The van der Waals surface area contributed by atoms with Crippen LogP contribution >= 0.6 is 0 Å². The first-order chi connectivity index (χ1) is 17.2. The zero-order valence-electron chi connectivity index (χ0n) is 19.3. The molecule has 0 aliphatic rings. The molecule has 0 saturated heterocycles. The highest BCUT2D eigenvalue weighted by Gasteiger charge is 2.18. The van der Waals surface area contributed by atoms with E-state index in [9.17, 15) is 30.3 Å². The lowest BCUT2D eigenvalue weighted by molar-refractivity contribution is -0.384. The van der Waals surface area contributed by atoms with Crippen molar-refractivity contribution in [2.75, 3.05) is 12.4 Å². The zero-order chi connectivity index (χ0) is 26.2. The summed E-state index contributed by atoms with van der Waals surface area (Å²) in [6.07, 6.45) is 1.32. The summed E-state index contributed by atoms with van der Waals surface area (Å²) in [6, 6.07) is 16.8. The van der Waals surface area contributed by atoms with Gasteiger partial charge in [-0.1, -0.05) is 12.1 Å². The Morgan fingerprint density at radius 1 is 1.03 bits per heavy atom. The van der Waals surface area contributed by atoms with Crippen molar-refractivity contribution in [3.05, 3.63) is 103 Å². The van der Waals surface area contributed by atoms with Crippen LogP contribution in [0.2, 0.25) is 0 Å². The summed E-state index contributed by atoms with van der Waals surface area (Å²) < 4.78 is 11.1. The molecule has 36 heavy (non-hydrogen) atoms. The van der Waals surface area contributed by atoms with Crippen LogP contribution in [0.5, 0.6) is 11.5 Å². The van der Waals surface area contributed by atoms with Gasteiger partial charge in [-0.3, -0.25) is 25.0 Å². The predicted octanol–water partition coefficient (Wildman–Crippen LogP) is 4.94. The van der Waals surface area contributed by atoms with E-state index in [0.717, 1.165) is 0 Å². The van der Waals surface area contributed by atoms with Gasteiger partial charge in [0.1, 0.15) is 23.9 Å². The largest absolute Gasteiger partial charge is 0.493 e. The molecular formula is C25H20N4O7. The highest BCUT2D eigenvalue weighted by atomic mass is 16.6. The summed E-state index contributed by atoms with van der Waals surface area (Å²) in [5.74, 6) is -0.0920. The summed E-state index contributed by atoms with van der Waals surface area (Å²) in [6.45, 7) is 1.82. The number of non-ortho nitro benzene ring substituents is 1. The van der Waals surface area contributed by atoms with Crippen LogP contribution in [0.25, 0.3) is 6.08 Å². The highest BCUT2D eigenvalue weighted by Crippen LogP contribution is 2.30. The minimum atomic E-state index is -0.804. The number of benzene rings is 3. The highest BCUT2D eigenvalue weighted by molar-refractivity contribution is 6.10. The number of nitrogens with one attached hydrogen (secondary N) is 1. The fourth-order valence-electron chi connectivity index (χ4n) is 3.17. The Balaban J connectivity index is 1.77. The Bertz CT molecular complexity index is 1390.